The maximum absolute atomic E-state index is 13.6. The van der Waals surface area contributed by atoms with Crippen LogP contribution in [0.15, 0.2) is 52.5 Å². The van der Waals surface area contributed by atoms with Crippen molar-refractivity contribution >= 4 is 22.0 Å². The lowest BCUT2D eigenvalue weighted by atomic mass is 9.73. The maximum atomic E-state index is 13.6. The Morgan fingerprint density at radius 2 is 2.10 bits per heavy atom. The Labute approximate surface area is 180 Å². The van der Waals surface area contributed by atoms with Crippen LogP contribution in [0.3, 0.4) is 0 Å². The van der Waals surface area contributed by atoms with Crippen LogP contribution >= 0.6 is 15.9 Å². The van der Waals surface area contributed by atoms with Gasteiger partial charge in [0.2, 0.25) is 0 Å². The smallest absolute Gasteiger partial charge is 0.411 e. The summed E-state index contributed by atoms with van der Waals surface area (Å²) in [5, 5.41) is 9.55. The van der Waals surface area contributed by atoms with Gasteiger partial charge in [0.25, 0.3) is 0 Å². The van der Waals surface area contributed by atoms with E-state index < -0.39 is 23.3 Å². The SMILES string of the molecule is C[C@@H](c1ccc(Br)cc1)N1CC[C@](CC(C)(C)C#N)(C2=CCC(F)C=C2)OC1=O. The summed E-state index contributed by atoms with van der Waals surface area (Å²) in [7, 11) is 0. The minimum Gasteiger partial charge on any atom is -0.438 e. The lowest BCUT2D eigenvalue weighted by molar-refractivity contribution is -0.0484. The molecule has 1 fully saturated rings. The molecule has 1 amide bonds. The van der Waals surface area contributed by atoms with Gasteiger partial charge in [-0.3, -0.25) is 0 Å². The Kier molecular flexibility index (Phi) is 6.19. The number of amides is 1. The Hall–Kier alpha value is -2.13. The van der Waals surface area contributed by atoms with E-state index in [-0.39, 0.29) is 12.5 Å². The summed E-state index contributed by atoms with van der Waals surface area (Å²) in [4.78, 5) is 14.8. The molecule has 1 aliphatic heterocycles. The quantitative estimate of drug-likeness (QED) is 0.521. The van der Waals surface area contributed by atoms with Crippen LogP contribution in [0.1, 0.15) is 51.6 Å². The van der Waals surface area contributed by atoms with Crippen LogP contribution in [0, 0.1) is 16.7 Å². The molecule has 2 aliphatic rings. The molecule has 0 radical (unpaired) electrons. The van der Waals surface area contributed by atoms with Crippen LogP contribution in [0.4, 0.5) is 9.18 Å². The van der Waals surface area contributed by atoms with Gasteiger partial charge in [0.15, 0.2) is 0 Å². The molecule has 0 aromatic heterocycles. The minimum atomic E-state index is -1.02. The van der Waals surface area contributed by atoms with Crippen LogP contribution in [0.25, 0.3) is 0 Å². The highest BCUT2D eigenvalue weighted by Crippen LogP contribution is 2.43. The van der Waals surface area contributed by atoms with Crippen molar-refractivity contribution in [2.75, 3.05) is 6.54 Å². The molecule has 154 valence electrons. The summed E-state index contributed by atoms with van der Waals surface area (Å²) in [5.41, 5.74) is 0.218. The van der Waals surface area contributed by atoms with E-state index in [9.17, 15) is 14.4 Å². The summed E-state index contributed by atoms with van der Waals surface area (Å²) in [5.74, 6) is 0. The molecule has 29 heavy (non-hydrogen) atoms. The first-order valence-corrected chi connectivity index (χ1v) is 10.6. The van der Waals surface area contributed by atoms with Gasteiger partial charge in [-0.15, -0.1) is 0 Å². The lowest BCUT2D eigenvalue weighted by Crippen LogP contribution is -2.52. The van der Waals surface area contributed by atoms with Crippen molar-refractivity contribution in [2.24, 2.45) is 5.41 Å². The second kappa shape index (κ2) is 8.31. The Bertz CT molecular complexity index is 872. The van der Waals surface area contributed by atoms with E-state index in [2.05, 4.69) is 22.0 Å². The van der Waals surface area contributed by atoms with Crippen molar-refractivity contribution in [3.8, 4) is 6.07 Å². The lowest BCUT2D eigenvalue weighted by Gasteiger charge is -2.46. The molecule has 1 heterocycles. The molecule has 1 aliphatic carbocycles. The van der Waals surface area contributed by atoms with Gasteiger partial charge in [-0.2, -0.15) is 5.26 Å². The fourth-order valence-corrected chi connectivity index (χ4v) is 4.32. The maximum Gasteiger partial charge on any atom is 0.411 e. The Morgan fingerprint density at radius 3 is 2.66 bits per heavy atom. The van der Waals surface area contributed by atoms with Gasteiger partial charge < -0.3 is 9.64 Å². The van der Waals surface area contributed by atoms with Crippen LogP contribution in [-0.4, -0.2) is 29.3 Å². The summed E-state index contributed by atoms with van der Waals surface area (Å²) >= 11 is 3.43. The van der Waals surface area contributed by atoms with E-state index in [0.717, 1.165) is 15.6 Å². The van der Waals surface area contributed by atoms with Gasteiger partial charge in [-0.25, -0.2) is 9.18 Å². The number of rotatable bonds is 5. The second-order valence-electron chi connectivity index (χ2n) is 8.48. The molecular weight excluding hydrogens is 435 g/mol. The average molecular weight is 461 g/mol. The van der Waals surface area contributed by atoms with Crippen molar-refractivity contribution in [2.45, 2.75) is 57.8 Å². The van der Waals surface area contributed by atoms with Crippen LogP contribution in [0.2, 0.25) is 0 Å². The number of carbonyl (C=O) groups is 1. The van der Waals surface area contributed by atoms with Crippen molar-refractivity contribution in [3.63, 3.8) is 0 Å². The Balaban J connectivity index is 1.86. The molecule has 0 spiro atoms. The third-order valence-electron chi connectivity index (χ3n) is 5.70. The first kappa shape index (κ1) is 21.6. The topological polar surface area (TPSA) is 53.3 Å². The summed E-state index contributed by atoms with van der Waals surface area (Å²) in [6.07, 6.45) is 4.78. The van der Waals surface area contributed by atoms with E-state index in [1.165, 1.54) is 6.08 Å². The largest absolute Gasteiger partial charge is 0.438 e. The van der Waals surface area contributed by atoms with Crippen molar-refractivity contribution < 1.29 is 13.9 Å². The van der Waals surface area contributed by atoms with E-state index in [0.29, 0.717) is 19.4 Å². The summed E-state index contributed by atoms with van der Waals surface area (Å²) < 4.78 is 20.6. The van der Waals surface area contributed by atoms with Crippen LogP contribution in [0.5, 0.6) is 0 Å². The highest BCUT2D eigenvalue weighted by atomic mass is 79.9. The molecular formula is C23H26BrFN2O2. The first-order valence-electron chi connectivity index (χ1n) is 9.85. The normalized spacial score (nSPS) is 25.8. The van der Waals surface area contributed by atoms with E-state index in [4.69, 9.17) is 4.74 Å². The molecule has 0 saturated carbocycles. The fourth-order valence-electron chi connectivity index (χ4n) is 4.06. The van der Waals surface area contributed by atoms with Crippen molar-refractivity contribution in [3.05, 3.63) is 58.1 Å². The van der Waals surface area contributed by atoms with Crippen LogP contribution < -0.4 is 0 Å². The number of alkyl halides is 1. The summed E-state index contributed by atoms with van der Waals surface area (Å²) in [6.45, 7) is 6.15. The van der Waals surface area contributed by atoms with E-state index in [1.54, 1.807) is 17.1 Å². The number of benzene rings is 1. The van der Waals surface area contributed by atoms with E-state index in [1.807, 2.05) is 45.0 Å². The molecule has 3 atom stereocenters. The average Bonchev–Trinajstić information content (AvgIpc) is 2.68. The molecule has 1 aromatic carbocycles. The van der Waals surface area contributed by atoms with Gasteiger partial charge in [-0.05, 0) is 50.1 Å². The molecule has 1 saturated heterocycles. The number of halogens is 2. The number of cyclic esters (lactones) is 1. The molecule has 0 N–H and O–H groups in total. The van der Waals surface area contributed by atoms with Gasteiger partial charge in [0.05, 0.1) is 17.5 Å². The number of allylic oxidation sites excluding steroid dienone is 2. The molecule has 1 aromatic rings. The highest BCUT2D eigenvalue weighted by molar-refractivity contribution is 9.10. The second-order valence-corrected chi connectivity index (χ2v) is 9.39. The summed E-state index contributed by atoms with van der Waals surface area (Å²) in [6, 6.07) is 10.0. The number of nitriles is 1. The van der Waals surface area contributed by atoms with Crippen molar-refractivity contribution in [1.29, 1.82) is 5.26 Å². The number of hydrogen-bond acceptors (Lipinski definition) is 3. The minimum absolute atomic E-state index is 0.135. The number of ether oxygens (including phenoxy) is 1. The molecule has 0 bridgehead atoms. The van der Waals surface area contributed by atoms with Crippen LogP contribution in [-0.2, 0) is 4.74 Å². The predicted octanol–water partition coefficient (Wildman–Crippen LogP) is 6.26. The number of nitrogens with zero attached hydrogens (tertiary/aromatic N) is 2. The van der Waals surface area contributed by atoms with Gasteiger partial charge in [0, 0.05) is 30.3 Å². The zero-order valence-electron chi connectivity index (χ0n) is 17.0. The van der Waals surface area contributed by atoms with Crippen molar-refractivity contribution in [1.82, 2.24) is 4.90 Å². The van der Waals surface area contributed by atoms with E-state index >= 15 is 0 Å². The highest BCUT2D eigenvalue weighted by Gasteiger charge is 2.47. The Morgan fingerprint density at radius 1 is 1.41 bits per heavy atom. The molecule has 4 nitrogen and oxygen atoms in total. The first-order chi connectivity index (χ1) is 13.7. The predicted molar refractivity (Wildman–Crippen MR) is 114 cm³/mol. The molecule has 3 rings (SSSR count). The zero-order valence-corrected chi connectivity index (χ0v) is 18.6. The molecule has 1 unspecified atom stereocenters. The zero-order chi connectivity index (χ0) is 21.2. The third kappa shape index (κ3) is 4.72. The molecule has 6 heteroatoms. The fraction of sp³-hybridized carbons (Fsp3) is 0.478. The monoisotopic (exact) mass is 460 g/mol. The number of hydrogen-bond donors (Lipinski definition) is 0. The number of carbonyl (C=O) groups excluding carboxylic acids is 1. The van der Waals surface area contributed by atoms with Gasteiger partial charge >= 0.3 is 6.09 Å². The van der Waals surface area contributed by atoms with Gasteiger partial charge in [0.1, 0.15) is 11.8 Å². The standard InChI is InChI=1S/C23H26BrFN2O2/c1-16(17-4-8-19(24)9-5-17)27-13-12-23(29-21(27)28,14-22(2,3)15-26)18-6-10-20(25)11-7-18/h4-10,16,20H,11-14H2,1-3H3/t16-,20?,23-/m0/s1. The third-order valence-corrected chi connectivity index (χ3v) is 6.23. The van der Waals surface area contributed by atoms with Gasteiger partial charge in [-0.1, -0.05) is 40.2 Å².